The Labute approximate surface area is 160 Å². The van der Waals surface area contributed by atoms with Crippen molar-refractivity contribution in [3.8, 4) is 0 Å². The maximum absolute atomic E-state index is 12.7. The number of hydrogen-bond acceptors (Lipinski definition) is 4. The number of sulfonamides is 2. The summed E-state index contributed by atoms with van der Waals surface area (Å²) in [4.78, 5) is 0.567. The van der Waals surface area contributed by atoms with Crippen LogP contribution in [-0.4, -0.2) is 51.6 Å². The molecule has 2 aromatic rings. The molecule has 0 aromatic heterocycles. The number of aryl methyl sites for hydroxylation is 2. The predicted molar refractivity (Wildman–Crippen MR) is 102 cm³/mol. The second-order valence-corrected chi connectivity index (χ2v) is 11.5. The molecule has 2 heterocycles. The minimum Gasteiger partial charge on any atom is -0.207 e. The molecule has 1 spiro atoms. The van der Waals surface area contributed by atoms with Crippen molar-refractivity contribution < 1.29 is 16.8 Å². The molecule has 0 atom stereocenters. The Balaban J connectivity index is 1.42. The molecule has 0 bridgehead atoms. The second-order valence-electron chi connectivity index (χ2n) is 7.67. The first-order valence-electron chi connectivity index (χ1n) is 8.76. The van der Waals surface area contributed by atoms with Crippen molar-refractivity contribution in [1.29, 1.82) is 0 Å². The van der Waals surface area contributed by atoms with Crippen LogP contribution in [-0.2, 0) is 20.0 Å². The Morgan fingerprint density at radius 2 is 0.926 bits per heavy atom. The van der Waals surface area contributed by atoms with Crippen LogP contribution in [0.1, 0.15) is 11.1 Å². The Morgan fingerprint density at radius 3 is 1.22 bits per heavy atom. The third-order valence-electron chi connectivity index (χ3n) is 5.36. The summed E-state index contributed by atoms with van der Waals surface area (Å²) in [5.74, 6) is 0. The van der Waals surface area contributed by atoms with Crippen LogP contribution >= 0.6 is 0 Å². The molecule has 8 heteroatoms. The van der Waals surface area contributed by atoms with Crippen LogP contribution < -0.4 is 0 Å². The molecular weight excluding hydrogens is 384 g/mol. The summed E-state index contributed by atoms with van der Waals surface area (Å²) in [7, 11) is -7.02. The number of rotatable bonds is 4. The molecule has 0 radical (unpaired) electrons. The topological polar surface area (TPSA) is 74.8 Å². The minimum absolute atomic E-state index is 0.254. The van der Waals surface area contributed by atoms with E-state index in [4.69, 9.17) is 0 Å². The number of nitrogens with zero attached hydrogens (tertiary/aromatic N) is 2. The zero-order valence-electron chi connectivity index (χ0n) is 15.3. The van der Waals surface area contributed by atoms with E-state index in [1.54, 1.807) is 48.5 Å². The lowest BCUT2D eigenvalue weighted by Crippen LogP contribution is -2.73. The van der Waals surface area contributed by atoms with Gasteiger partial charge in [-0.3, -0.25) is 0 Å². The highest BCUT2D eigenvalue weighted by Crippen LogP contribution is 2.44. The van der Waals surface area contributed by atoms with Crippen LogP contribution in [0.4, 0.5) is 0 Å². The molecule has 2 saturated heterocycles. The van der Waals surface area contributed by atoms with Gasteiger partial charge in [0.1, 0.15) is 0 Å². The average Bonchev–Trinajstić information content (AvgIpc) is 2.52. The molecule has 2 aromatic carbocycles. The van der Waals surface area contributed by atoms with Crippen molar-refractivity contribution in [1.82, 2.24) is 8.61 Å². The zero-order chi connectivity index (χ0) is 19.4. The number of hydrogen-bond donors (Lipinski definition) is 0. The highest BCUT2D eigenvalue weighted by atomic mass is 32.2. The third kappa shape index (κ3) is 3.10. The summed E-state index contributed by atoms with van der Waals surface area (Å²) in [6.07, 6.45) is 0. The van der Waals surface area contributed by atoms with Gasteiger partial charge in [-0.2, -0.15) is 8.61 Å². The Bertz CT molecular complexity index is 971. The fourth-order valence-corrected chi connectivity index (χ4v) is 6.99. The fourth-order valence-electron chi connectivity index (χ4n) is 3.66. The van der Waals surface area contributed by atoms with E-state index in [1.165, 1.54) is 8.61 Å². The van der Waals surface area contributed by atoms with E-state index in [9.17, 15) is 16.8 Å². The monoisotopic (exact) mass is 406 g/mol. The van der Waals surface area contributed by atoms with Gasteiger partial charge >= 0.3 is 0 Å². The van der Waals surface area contributed by atoms with E-state index < -0.39 is 20.0 Å². The van der Waals surface area contributed by atoms with Crippen molar-refractivity contribution in [2.45, 2.75) is 23.6 Å². The molecule has 0 N–H and O–H groups in total. The van der Waals surface area contributed by atoms with Gasteiger partial charge in [-0.15, -0.1) is 0 Å². The van der Waals surface area contributed by atoms with E-state index in [0.29, 0.717) is 26.2 Å². The Morgan fingerprint density at radius 1 is 0.630 bits per heavy atom. The van der Waals surface area contributed by atoms with Crippen molar-refractivity contribution in [2.75, 3.05) is 26.2 Å². The molecule has 27 heavy (non-hydrogen) atoms. The van der Waals surface area contributed by atoms with Gasteiger partial charge in [0.25, 0.3) is 0 Å². The molecule has 2 aliphatic rings. The lowest BCUT2D eigenvalue weighted by Gasteiger charge is -2.58. The van der Waals surface area contributed by atoms with Crippen molar-refractivity contribution in [2.24, 2.45) is 5.41 Å². The Hall–Kier alpha value is -1.74. The molecular formula is C19H22N2O4S2. The van der Waals surface area contributed by atoms with Crippen molar-refractivity contribution >= 4 is 20.0 Å². The molecule has 2 aliphatic heterocycles. The minimum atomic E-state index is -3.51. The highest BCUT2D eigenvalue weighted by molar-refractivity contribution is 7.89. The summed E-state index contributed by atoms with van der Waals surface area (Å²) in [6, 6.07) is 13.6. The molecule has 144 valence electrons. The summed E-state index contributed by atoms with van der Waals surface area (Å²) in [6.45, 7) is 5.28. The Kier molecular flexibility index (Phi) is 4.23. The van der Waals surface area contributed by atoms with Crippen LogP contribution in [0, 0.1) is 19.3 Å². The highest BCUT2D eigenvalue weighted by Gasteiger charge is 2.58. The summed E-state index contributed by atoms with van der Waals surface area (Å²) < 4.78 is 53.6. The first-order chi connectivity index (χ1) is 12.6. The average molecular weight is 407 g/mol. The van der Waals surface area contributed by atoms with Crippen LogP contribution in [0.25, 0.3) is 0 Å². The molecule has 2 fully saturated rings. The van der Waals surface area contributed by atoms with Gasteiger partial charge in [0.15, 0.2) is 0 Å². The quantitative estimate of drug-likeness (QED) is 0.778. The zero-order valence-corrected chi connectivity index (χ0v) is 16.9. The van der Waals surface area contributed by atoms with Gasteiger partial charge in [0.2, 0.25) is 20.0 Å². The lowest BCUT2D eigenvalue weighted by molar-refractivity contribution is -0.0375. The van der Waals surface area contributed by atoms with Crippen LogP contribution in [0.5, 0.6) is 0 Å². The van der Waals surface area contributed by atoms with E-state index >= 15 is 0 Å². The molecule has 0 saturated carbocycles. The first kappa shape index (κ1) is 18.6. The van der Waals surface area contributed by atoms with Crippen LogP contribution in [0.2, 0.25) is 0 Å². The number of benzene rings is 2. The van der Waals surface area contributed by atoms with Crippen molar-refractivity contribution in [3.63, 3.8) is 0 Å². The van der Waals surface area contributed by atoms with Gasteiger partial charge in [-0.25, -0.2) is 16.8 Å². The SMILES string of the molecule is Cc1ccc(S(=O)(=O)N2CC3(C2)CN(S(=O)(=O)c2ccc(C)cc2)C3)cc1. The van der Waals surface area contributed by atoms with Crippen molar-refractivity contribution in [3.05, 3.63) is 59.7 Å². The molecule has 0 unspecified atom stereocenters. The van der Waals surface area contributed by atoms with E-state index in [2.05, 4.69) is 0 Å². The van der Waals surface area contributed by atoms with Crippen LogP contribution in [0.15, 0.2) is 58.3 Å². The van der Waals surface area contributed by atoms with Gasteiger partial charge < -0.3 is 0 Å². The van der Waals surface area contributed by atoms with Crippen LogP contribution in [0.3, 0.4) is 0 Å². The fraction of sp³-hybridized carbons (Fsp3) is 0.368. The van der Waals surface area contributed by atoms with Gasteiger partial charge in [-0.1, -0.05) is 35.4 Å². The normalized spacial score (nSPS) is 20.2. The van der Waals surface area contributed by atoms with Gasteiger partial charge in [-0.05, 0) is 38.1 Å². The lowest BCUT2D eigenvalue weighted by atomic mass is 9.76. The smallest absolute Gasteiger partial charge is 0.207 e. The van der Waals surface area contributed by atoms with Gasteiger partial charge in [0, 0.05) is 31.6 Å². The second kappa shape index (κ2) is 6.13. The van der Waals surface area contributed by atoms with E-state index in [0.717, 1.165) is 11.1 Å². The maximum Gasteiger partial charge on any atom is 0.243 e. The molecule has 6 nitrogen and oxygen atoms in total. The third-order valence-corrected chi connectivity index (χ3v) is 8.98. The maximum atomic E-state index is 12.7. The first-order valence-corrected chi connectivity index (χ1v) is 11.6. The molecule has 0 aliphatic carbocycles. The largest absolute Gasteiger partial charge is 0.243 e. The van der Waals surface area contributed by atoms with E-state index in [1.807, 2.05) is 13.8 Å². The predicted octanol–water partition coefficient (Wildman–Crippen LogP) is 2.00. The molecule has 0 amide bonds. The summed E-state index contributed by atoms with van der Waals surface area (Å²) in [5, 5.41) is 0. The standard InChI is InChI=1S/C19H22N2O4S2/c1-15-3-7-17(8-4-15)26(22,23)20-11-19(12-20)13-21(14-19)27(24,25)18-9-5-16(2)6-10-18/h3-10H,11-14H2,1-2H3. The van der Waals surface area contributed by atoms with Gasteiger partial charge in [0.05, 0.1) is 9.79 Å². The summed E-state index contributed by atoms with van der Waals surface area (Å²) in [5.41, 5.74) is 1.75. The van der Waals surface area contributed by atoms with E-state index in [-0.39, 0.29) is 15.2 Å². The molecule has 4 rings (SSSR count). The summed E-state index contributed by atoms with van der Waals surface area (Å²) >= 11 is 0.